The highest BCUT2D eigenvalue weighted by Gasteiger charge is 2.17. The number of hydrogen-bond donors (Lipinski definition) is 1. The molecule has 0 aliphatic heterocycles. The van der Waals surface area contributed by atoms with E-state index in [9.17, 15) is 13.2 Å². The van der Waals surface area contributed by atoms with Gasteiger partial charge in [0.2, 0.25) is 0 Å². The number of amides is 1. The number of ether oxygens (including phenoxy) is 1. The zero-order valence-electron chi connectivity index (χ0n) is 15.2. The Balaban J connectivity index is 2.18. The Morgan fingerprint density at radius 1 is 1.35 bits per heavy atom. The maximum atomic E-state index is 12.5. The number of aryl methyl sites for hydroxylation is 1. The number of benzene rings is 1. The van der Waals surface area contributed by atoms with E-state index in [4.69, 9.17) is 16.3 Å². The molecular formula is C17H22ClN3O4S. The molecule has 1 aromatic heterocycles. The van der Waals surface area contributed by atoms with Gasteiger partial charge in [-0.15, -0.1) is 0 Å². The van der Waals surface area contributed by atoms with Crippen molar-refractivity contribution in [1.82, 2.24) is 15.1 Å². The second kappa shape index (κ2) is 8.20. The minimum absolute atomic E-state index is 0.0480. The summed E-state index contributed by atoms with van der Waals surface area (Å²) in [7, 11) is -1.80. The lowest BCUT2D eigenvalue weighted by atomic mass is 10.1. The van der Waals surface area contributed by atoms with Gasteiger partial charge < -0.3 is 10.1 Å². The predicted octanol–water partition coefficient (Wildman–Crippen LogP) is 2.13. The van der Waals surface area contributed by atoms with Crippen molar-refractivity contribution in [1.29, 1.82) is 0 Å². The minimum atomic E-state index is -3.43. The van der Waals surface area contributed by atoms with E-state index in [0.717, 1.165) is 23.2 Å². The largest absolute Gasteiger partial charge is 0.383 e. The van der Waals surface area contributed by atoms with Gasteiger partial charge in [0.15, 0.2) is 9.84 Å². The first kappa shape index (κ1) is 20.4. The summed E-state index contributed by atoms with van der Waals surface area (Å²) in [5, 5.41) is 7.42. The van der Waals surface area contributed by atoms with Crippen LogP contribution in [0.5, 0.6) is 0 Å². The second-order valence-electron chi connectivity index (χ2n) is 5.96. The highest BCUT2D eigenvalue weighted by Crippen LogP contribution is 2.21. The fourth-order valence-corrected chi connectivity index (χ4v) is 3.41. The lowest BCUT2D eigenvalue weighted by Crippen LogP contribution is -2.24. The summed E-state index contributed by atoms with van der Waals surface area (Å²) in [6.07, 6.45) is 1.08. The van der Waals surface area contributed by atoms with E-state index in [2.05, 4.69) is 10.4 Å². The Hall–Kier alpha value is -1.90. The molecule has 7 nitrogen and oxygen atoms in total. The Morgan fingerprint density at radius 2 is 2.04 bits per heavy atom. The van der Waals surface area contributed by atoms with Gasteiger partial charge in [-0.1, -0.05) is 11.6 Å². The van der Waals surface area contributed by atoms with Crippen molar-refractivity contribution in [2.45, 2.75) is 31.8 Å². The van der Waals surface area contributed by atoms with Crippen LogP contribution in [0.25, 0.3) is 0 Å². The molecule has 1 amide bonds. The average molecular weight is 400 g/mol. The van der Waals surface area contributed by atoms with Crippen molar-refractivity contribution in [2.75, 3.05) is 20.0 Å². The highest BCUT2D eigenvalue weighted by molar-refractivity contribution is 7.90. The summed E-state index contributed by atoms with van der Waals surface area (Å²) in [6.45, 7) is 5.23. The monoisotopic (exact) mass is 399 g/mol. The Kier molecular flexibility index (Phi) is 6.44. The maximum absolute atomic E-state index is 12.5. The molecule has 0 unspecified atom stereocenters. The van der Waals surface area contributed by atoms with Gasteiger partial charge in [-0.25, -0.2) is 8.42 Å². The van der Waals surface area contributed by atoms with Crippen LogP contribution in [0.3, 0.4) is 0 Å². The van der Waals surface area contributed by atoms with Gasteiger partial charge in [-0.05, 0) is 32.0 Å². The molecule has 0 bridgehead atoms. The molecule has 0 spiro atoms. The van der Waals surface area contributed by atoms with Crippen LogP contribution in [-0.2, 0) is 27.7 Å². The number of halogens is 1. The van der Waals surface area contributed by atoms with Crippen LogP contribution in [0, 0.1) is 13.8 Å². The topological polar surface area (TPSA) is 90.3 Å². The molecule has 0 aliphatic rings. The van der Waals surface area contributed by atoms with E-state index in [1.807, 2.05) is 18.5 Å². The number of hydrogen-bond acceptors (Lipinski definition) is 5. The number of sulfone groups is 1. The molecular weight excluding hydrogens is 378 g/mol. The lowest BCUT2D eigenvalue weighted by Gasteiger charge is -2.09. The molecule has 1 aromatic carbocycles. The van der Waals surface area contributed by atoms with Crippen LogP contribution in [0.15, 0.2) is 23.1 Å². The third-order valence-electron chi connectivity index (χ3n) is 4.07. The van der Waals surface area contributed by atoms with Gasteiger partial charge in [-0.3, -0.25) is 9.48 Å². The van der Waals surface area contributed by atoms with Gasteiger partial charge in [-0.2, -0.15) is 5.10 Å². The maximum Gasteiger partial charge on any atom is 0.253 e. The van der Waals surface area contributed by atoms with Gasteiger partial charge in [0.25, 0.3) is 5.91 Å². The van der Waals surface area contributed by atoms with Crippen molar-refractivity contribution in [3.8, 4) is 0 Å². The number of carbonyl (C=O) groups excluding carboxylic acids is 1. The number of aromatic nitrogens is 2. The highest BCUT2D eigenvalue weighted by atomic mass is 35.5. The molecule has 142 valence electrons. The van der Waals surface area contributed by atoms with Gasteiger partial charge >= 0.3 is 0 Å². The standard InChI is InChI=1S/C17H22ClN3O4S/c1-11-15(12(2)21(20-11)7-8-25-3)10-19-17(22)14-9-13(26(4,23)24)5-6-16(14)18/h5-6,9H,7-8,10H2,1-4H3,(H,19,22). The van der Waals surface area contributed by atoms with Gasteiger partial charge in [0.05, 0.1) is 34.3 Å². The molecule has 2 rings (SSSR count). The smallest absolute Gasteiger partial charge is 0.253 e. The van der Waals surface area contributed by atoms with E-state index in [1.165, 1.54) is 18.2 Å². The predicted molar refractivity (Wildman–Crippen MR) is 99.3 cm³/mol. The molecule has 0 aliphatic carbocycles. The fraction of sp³-hybridized carbons (Fsp3) is 0.412. The fourth-order valence-electron chi connectivity index (χ4n) is 2.56. The third kappa shape index (κ3) is 4.63. The molecule has 1 heterocycles. The molecule has 1 N–H and O–H groups in total. The zero-order chi connectivity index (χ0) is 19.5. The van der Waals surface area contributed by atoms with E-state index in [-0.39, 0.29) is 22.0 Å². The first-order valence-corrected chi connectivity index (χ1v) is 10.2. The number of rotatable bonds is 7. The van der Waals surface area contributed by atoms with Crippen LogP contribution in [0.1, 0.15) is 27.3 Å². The number of methoxy groups -OCH3 is 1. The van der Waals surface area contributed by atoms with Gasteiger partial charge in [0.1, 0.15) is 0 Å². The van der Waals surface area contributed by atoms with E-state index < -0.39 is 15.7 Å². The molecule has 26 heavy (non-hydrogen) atoms. The molecule has 0 saturated carbocycles. The average Bonchev–Trinajstić information content (AvgIpc) is 2.83. The van der Waals surface area contributed by atoms with Crippen LogP contribution >= 0.6 is 11.6 Å². The summed E-state index contributed by atoms with van der Waals surface area (Å²) >= 11 is 6.06. The van der Waals surface area contributed by atoms with Crippen molar-refractivity contribution in [3.05, 3.63) is 45.7 Å². The van der Waals surface area contributed by atoms with Crippen molar-refractivity contribution < 1.29 is 17.9 Å². The summed E-state index contributed by atoms with van der Waals surface area (Å²) in [5.41, 5.74) is 2.78. The molecule has 0 saturated heterocycles. The van der Waals surface area contributed by atoms with Crippen molar-refractivity contribution in [2.24, 2.45) is 0 Å². The Labute approximate surface area is 158 Å². The summed E-state index contributed by atoms with van der Waals surface area (Å²) in [6, 6.07) is 4.07. The second-order valence-corrected chi connectivity index (χ2v) is 8.38. The summed E-state index contributed by atoms with van der Waals surface area (Å²) in [5.74, 6) is -0.441. The summed E-state index contributed by atoms with van der Waals surface area (Å²) < 4.78 is 30.3. The molecule has 0 atom stereocenters. The van der Waals surface area contributed by atoms with Crippen molar-refractivity contribution in [3.63, 3.8) is 0 Å². The summed E-state index contributed by atoms with van der Waals surface area (Å²) in [4.78, 5) is 12.5. The van der Waals surface area contributed by atoms with E-state index in [1.54, 1.807) is 7.11 Å². The van der Waals surface area contributed by atoms with Crippen LogP contribution in [0.4, 0.5) is 0 Å². The molecule has 9 heteroatoms. The SMILES string of the molecule is COCCn1nc(C)c(CNC(=O)c2cc(S(C)(=O)=O)ccc2Cl)c1C. The molecule has 2 aromatic rings. The Morgan fingerprint density at radius 3 is 2.65 bits per heavy atom. The minimum Gasteiger partial charge on any atom is -0.383 e. The first-order chi connectivity index (χ1) is 12.1. The number of carbonyl (C=O) groups is 1. The van der Waals surface area contributed by atoms with Crippen LogP contribution < -0.4 is 5.32 Å². The van der Waals surface area contributed by atoms with Gasteiger partial charge in [0, 0.05) is 31.2 Å². The molecule has 0 fully saturated rings. The van der Waals surface area contributed by atoms with Crippen LogP contribution in [0.2, 0.25) is 5.02 Å². The number of nitrogens with one attached hydrogen (secondary N) is 1. The molecule has 0 radical (unpaired) electrons. The third-order valence-corrected chi connectivity index (χ3v) is 5.51. The lowest BCUT2D eigenvalue weighted by molar-refractivity contribution is 0.0950. The van der Waals surface area contributed by atoms with E-state index in [0.29, 0.717) is 13.2 Å². The van der Waals surface area contributed by atoms with Crippen molar-refractivity contribution >= 4 is 27.3 Å². The Bertz CT molecular complexity index is 922. The quantitative estimate of drug-likeness (QED) is 0.770. The van der Waals surface area contributed by atoms with E-state index >= 15 is 0 Å². The zero-order valence-corrected chi connectivity index (χ0v) is 16.7. The van der Waals surface area contributed by atoms with Crippen LogP contribution in [-0.4, -0.2) is 44.1 Å². The normalized spacial score (nSPS) is 11.6. The number of nitrogens with zero attached hydrogens (tertiary/aromatic N) is 2. The first-order valence-electron chi connectivity index (χ1n) is 7.94.